The normalized spacial score (nSPS) is 11.4. The Morgan fingerprint density at radius 2 is 1.43 bits per heavy atom. The molecule has 0 aliphatic rings. The Morgan fingerprint density at radius 1 is 0.681 bits per heavy atom. The van der Waals surface area contributed by atoms with E-state index < -0.39 is 0 Å². The summed E-state index contributed by atoms with van der Waals surface area (Å²) >= 11 is 0. The predicted octanol–water partition coefficient (Wildman–Crippen LogP) is 9.44. The quantitative estimate of drug-likeness (QED) is 0.177. The molecule has 7 nitrogen and oxygen atoms in total. The summed E-state index contributed by atoms with van der Waals surface area (Å²) in [7, 11) is 5.83. The number of aryl methyl sites for hydroxylation is 4. The van der Waals surface area contributed by atoms with Crippen LogP contribution in [0.3, 0.4) is 0 Å². The summed E-state index contributed by atoms with van der Waals surface area (Å²) in [6, 6.07) is 29.2. The van der Waals surface area contributed by atoms with Crippen LogP contribution in [0.1, 0.15) is 28.1 Å². The minimum atomic E-state index is 0.738. The van der Waals surface area contributed by atoms with E-state index in [1.807, 2.05) is 22.9 Å². The molecule has 0 amide bonds. The number of rotatable bonds is 7. The van der Waals surface area contributed by atoms with Gasteiger partial charge in [0, 0.05) is 66.2 Å². The number of nitrogens with zero attached hydrogens (tertiary/aromatic N) is 5. The Bertz CT molecular complexity index is 2290. The highest BCUT2D eigenvalue weighted by Gasteiger charge is 2.20. The highest BCUT2D eigenvalue weighted by molar-refractivity contribution is 6.09. The van der Waals surface area contributed by atoms with Crippen molar-refractivity contribution in [2.75, 3.05) is 26.1 Å². The van der Waals surface area contributed by atoms with Gasteiger partial charge in [0.15, 0.2) is 0 Å². The molecule has 47 heavy (non-hydrogen) atoms. The minimum absolute atomic E-state index is 0.738. The Balaban J connectivity index is 1.29. The van der Waals surface area contributed by atoms with Crippen LogP contribution in [0.5, 0.6) is 17.2 Å². The summed E-state index contributed by atoms with van der Waals surface area (Å²) in [5.74, 6) is 3.03. The lowest BCUT2D eigenvalue weighted by Crippen LogP contribution is -2.09. The third kappa shape index (κ3) is 5.27. The third-order valence-corrected chi connectivity index (χ3v) is 8.92. The lowest BCUT2D eigenvalue weighted by atomic mass is 9.93. The monoisotopic (exact) mass is 621 g/mol. The van der Waals surface area contributed by atoms with Crippen LogP contribution in [-0.4, -0.2) is 40.5 Å². The average molecular weight is 622 g/mol. The van der Waals surface area contributed by atoms with Gasteiger partial charge < -0.3 is 14.4 Å². The molecule has 7 aromatic rings. The van der Waals surface area contributed by atoms with Crippen molar-refractivity contribution < 1.29 is 9.47 Å². The number of para-hydroxylation sites is 1. The first kappa shape index (κ1) is 30.1. The van der Waals surface area contributed by atoms with Crippen LogP contribution in [0.4, 0.5) is 5.69 Å². The highest BCUT2D eigenvalue weighted by Crippen LogP contribution is 2.38. The molecule has 4 aromatic carbocycles. The molecular formula is C40H39N5O2. The van der Waals surface area contributed by atoms with Gasteiger partial charge in [-0.2, -0.15) is 5.10 Å². The maximum absolute atomic E-state index is 6.59. The maximum Gasteiger partial charge on any atom is 0.141 e. The van der Waals surface area contributed by atoms with E-state index in [2.05, 4.69) is 125 Å². The van der Waals surface area contributed by atoms with E-state index >= 15 is 0 Å². The summed E-state index contributed by atoms with van der Waals surface area (Å²) in [6.45, 7) is 10.7. The van der Waals surface area contributed by atoms with Crippen LogP contribution >= 0.6 is 0 Å². The fourth-order valence-electron chi connectivity index (χ4n) is 6.80. The number of methoxy groups -OCH3 is 1. The maximum atomic E-state index is 6.59. The molecular weight excluding hydrogens is 582 g/mol. The summed E-state index contributed by atoms with van der Waals surface area (Å²) in [5, 5.41) is 7.32. The molecule has 0 fully saturated rings. The van der Waals surface area contributed by atoms with E-state index in [0.29, 0.717) is 0 Å². The molecule has 0 radical (unpaired) electrons. The Labute approximate surface area is 275 Å². The number of hydrogen-bond acceptors (Lipinski definition) is 5. The fraction of sp³-hybridized carbons (Fsp3) is 0.200. The van der Waals surface area contributed by atoms with Crippen molar-refractivity contribution in [3.63, 3.8) is 0 Å². The van der Waals surface area contributed by atoms with Crippen molar-refractivity contribution in [1.29, 1.82) is 0 Å². The molecule has 3 heterocycles. The molecule has 3 aromatic heterocycles. The molecule has 0 N–H and O–H groups in total. The van der Waals surface area contributed by atoms with Crippen molar-refractivity contribution in [3.8, 4) is 39.9 Å². The topological polar surface area (TPSA) is 57.3 Å². The van der Waals surface area contributed by atoms with Crippen LogP contribution < -0.4 is 14.4 Å². The van der Waals surface area contributed by atoms with Crippen molar-refractivity contribution in [3.05, 3.63) is 119 Å². The molecule has 0 aliphatic heterocycles. The second-order valence-corrected chi connectivity index (χ2v) is 12.5. The Kier molecular flexibility index (Phi) is 7.47. The van der Waals surface area contributed by atoms with Crippen molar-refractivity contribution >= 4 is 27.5 Å². The van der Waals surface area contributed by atoms with E-state index in [9.17, 15) is 0 Å². The van der Waals surface area contributed by atoms with Gasteiger partial charge in [-0.1, -0.05) is 18.2 Å². The van der Waals surface area contributed by atoms with E-state index in [1.165, 1.54) is 27.9 Å². The van der Waals surface area contributed by atoms with Crippen molar-refractivity contribution in [2.24, 2.45) is 0 Å². The third-order valence-electron chi connectivity index (χ3n) is 8.92. The van der Waals surface area contributed by atoms with Crippen molar-refractivity contribution in [1.82, 2.24) is 19.3 Å². The summed E-state index contributed by atoms with van der Waals surface area (Å²) in [4.78, 5) is 6.84. The molecule has 0 atom stereocenters. The Hall–Kier alpha value is -5.56. The Morgan fingerprint density at radius 3 is 2.17 bits per heavy atom. The lowest BCUT2D eigenvalue weighted by molar-refractivity contribution is 0.414. The van der Waals surface area contributed by atoms with Gasteiger partial charge in [0.25, 0.3) is 0 Å². The van der Waals surface area contributed by atoms with Gasteiger partial charge >= 0.3 is 0 Å². The highest BCUT2D eigenvalue weighted by atomic mass is 16.5. The standard InChI is InChI=1S/C40H39N5O2/c1-24-17-30(45-28(5)40(27(4)42-45)39-25(2)19-29(43(6)7)20-26(39)3)21-33(18-24)47-32-13-14-35-34-11-9-10-12-36(34)44(37(35)22-32)38-23-31(46-8)15-16-41-38/h9-23H,1-8H3. The zero-order chi connectivity index (χ0) is 33.0. The van der Waals surface area contributed by atoms with Gasteiger partial charge in [-0.25, -0.2) is 9.67 Å². The van der Waals surface area contributed by atoms with Crippen LogP contribution in [0.2, 0.25) is 0 Å². The molecule has 7 rings (SSSR count). The number of benzene rings is 4. The largest absolute Gasteiger partial charge is 0.497 e. The molecule has 236 valence electrons. The number of pyridine rings is 1. The minimum Gasteiger partial charge on any atom is -0.497 e. The second kappa shape index (κ2) is 11.7. The van der Waals surface area contributed by atoms with E-state index in [-0.39, 0.29) is 0 Å². The molecule has 0 spiro atoms. The lowest BCUT2D eigenvalue weighted by Gasteiger charge is -2.18. The zero-order valence-electron chi connectivity index (χ0n) is 28.2. The molecule has 0 saturated carbocycles. The van der Waals surface area contributed by atoms with E-state index in [1.54, 1.807) is 13.3 Å². The second-order valence-electron chi connectivity index (χ2n) is 12.5. The van der Waals surface area contributed by atoms with Gasteiger partial charge in [0.05, 0.1) is 29.5 Å². The van der Waals surface area contributed by atoms with Gasteiger partial charge in [0.2, 0.25) is 0 Å². The number of anilines is 1. The van der Waals surface area contributed by atoms with Crippen LogP contribution in [0.25, 0.3) is 44.4 Å². The summed E-state index contributed by atoms with van der Waals surface area (Å²) in [5.41, 5.74) is 12.3. The molecule has 0 aliphatic carbocycles. The summed E-state index contributed by atoms with van der Waals surface area (Å²) < 4.78 is 16.3. The summed E-state index contributed by atoms with van der Waals surface area (Å²) in [6.07, 6.45) is 1.77. The zero-order valence-corrected chi connectivity index (χ0v) is 28.2. The average Bonchev–Trinajstić information content (AvgIpc) is 3.53. The smallest absolute Gasteiger partial charge is 0.141 e. The predicted molar refractivity (Wildman–Crippen MR) is 192 cm³/mol. The first-order valence-electron chi connectivity index (χ1n) is 15.8. The van der Waals surface area contributed by atoms with Crippen LogP contribution in [-0.2, 0) is 0 Å². The molecule has 7 heteroatoms. The van der Waals surface area contributed by atoms with Crippen molar-refractivity contribution in [2.45, 2.75) is 34.6 Å². The number of hydrogen-bond donors (Lipinski definition) is 0. The number of aromatic nitrogens is 4. The number of ether oxygens (including phenoxy) is 2. The first-order valence-corrected chi connectivity index (χ1v) is 15.8. The number of fused-ring (bicyclic) bond motifs is 3. The van der Waals surface area contributed by atoms with E-state index in [0.717, 1.165) is 67.5 Å². The van der Waals surface area contributed by atoms with Gasteiger partial charge in [-0.05, 0) is 105 Å². The molecule has 0 saturated heterocycles. The van der Waals surface area contributed by atoms with Gasteiger partial charge in [-0.15, -0.1) is 0 Å². The molecule has 0 bridgehead atoms. The van der Waals surface area contributed by atoms with Crippen LogP contribution in [0.15, 0.2) is 91.1 Å². The van der Waals surface area contributed by atoms with Gasteiger partial charge in [-0.3, -0.25) is 4.57 Å². The van der Waals surface area contributed by atoms with Crippen LogP contribution in [0, 0.1) is 34.6 Å². The first-order chi connectivity index (χ1) is 22.6. The molecule has 0 unspecified atom stereocenters. The SMILES string of the molecule is COc1ccnc(-n2c3ccccc3c3ccc(Oc4cc(C)cc(-n5nc(C)c(-c6c(C)cc(N(C)C)cc6C)c5C)c4)cc32)c1. The van der Waals surface area contributed by atoms with Gasteiger partial charge in [0.1, 0.15) is 23.1 Å². The van der Waals surface area contributed by atoms with E-state index in [4.69, 9.17) is 19.6 Å². The fourth-order valence-corrected chi connectivity index (χ4v) is 6.80.